The van der Waals surface area contributed by atoms with Crippen molar-refractivity contribution in [1.82, 2.24) is 0 Å². The van der Waals surface area contributed by atoms with Crippen LogP contribution in [0.4, 0.5) is 0 Å². The van der Waals surface area contributed by atoms with Crippen LogP contribution in [0.5, 0.6) is 0 Å². The number of benzene rings is 1. The molecule has 0 bridgehead atoms. The molecule has 0 amide bonds. The molecule has 2 atom stereocenters. The highest BCUT2D eigenvalue weighted by Crippen LogP contribution is 2.48. The van der Waals surface area contributed by atoms with E-state index in [1.807, 2.05) is 0 Å². The van der Waals surface area contributed by atoms with Crippen molar-refractivity contribution in [2.75, 3.05) is 5.75 Å². The number of hydrogen-bond donors (Lipinski definition) is 1. The van der Waals surface area contributed by atoms with Crippen LogP contribution in [0.2, 0.25) is 0 Å². The highest BCUT2D eigenvalue weighted by atomic mass is 32.2. The van der Waals surface area contributed by atoms with Crippen molar-refractivity contribution < 1.29 is 0 Å². The van der Waals surface area contributed by atoms with Gasteiger partial charge < -0.3 is 5.73 Å². The molecule has 1 aliphatic carbocycles. The Labute approximate surface area is 115 Å². The van der Waals surface area contributed by atoms with E-state index in [9.17, 15) is 0 Å². The Morgan fingerprint density at radius 2 is 2.06 bits per heavy atom. The molecule has 0 radical (unpaired) electrons. The zero-order valence-corrected chi connectivity index (χ0v) is 12.0. The van der Waals surface area contributed by atoms with E-state index in [-0.39, 0.29) is 10.8 Å². The van der Waals surface area contributed by atoms with Gasteiger partial charge >= 0.3 is 0 Å². The Hall–Kier alpha value is -0.470. The molecule has 1 heterocycles. The lowest BCUT2D eigenvalue weighted by Gasteiger charge is -2.35. The Bertz CT molecular complexity index is 419. The topological polar surface area (TPSA) is 26.0 Å². The van der Waals surface area contributed by atoms with Crippen LogP contribution in [0.15, 0.2) is 24.3 Å². The van der Waals surface area contributed by atoms with E-state index in [0.717, 1.165) is 5.92 Å². The maximum Gasteiger partial charge on any atom is 0.0444 e. The van der Waals surface area contributed by atoms with Crippen LogP contribution >= 0.6 is 11.8 Å². The molecule has 1 aromatic carbocycles. The third-order valence-electron chi connectivity index (χ3n) is 4.78. The third kappa shape index (κ3) is 2.10. The summed E-state index contributed by atoms with van der Waals surface area (Å²) in [6, 6.07) is 9.10. The Kier molecular flexibility index (Phi) is 3.42. The van der Waals surface area contributed by atoms with Gasteiger partial charge in [-0.15, -0.1) is 0 Å². The summed E-state index contributed by atoms with van der Waals surface area (Å²) in [5.74, 6) is 2.05. The summed E-state index contributed by atoms with van der Waals surface area (Å²) < 4.78 is 0.250. The predicted molar refractivity (Wildman–Crippen MR) is 80.1 cm³/mol. The zero-order valence-electron chi connectivity index (χ0n) is 11.2. The molecule has 98 valence electrons. The molecule has 2 N–H and O–H groups in total. The van der Waals surface area contributed by atoms with E-state index in [1.54, 1.807) is 0 Å². The highest BCUT2D eigenvalue weighted by molar-refractivity contribution is 8.00. The molecular weight excluding hydrogens is 238 g/mol. The smallest absolute Gasteiger partial charge is 0.0444 e. The summed E-state index contributed by atoms with van der Waals surface area (Å²) in [4.78, 5) is 0. The summed E-state index contributed by atoms with van der Waals surface area (Å²) in [5, 5.41) is 0. The first-order valence-corrected chi connectivity index (χ1v) is 8.18. The molecular formula is C16H23NS. The maximum atomic E-state index is 6.63. The SMILES string of the molecule is CC1(C(N)c2ccccc2C2CCC2)CCCS1. The lowest BCUT2D eigenvalue weighted by molar-refractivity contribution is 0.409. The van der Waals surface area contributed by atoms with Gasteiger partial charge in [0, 0.05) is 10.8 Å². The molecule has 0 aromatic heterocycles. The molecule has 18 heavy (non-hydrogen) atoms. The summed E-state index contributed by atoms with van der Waals surface area (Å²) in [5.41, 5.74) is 9.58. The molecule has 0 spiro atoms. The van der Waals surface area contributed by atoms with Crippen molar-refractivity contribution in [2.24, 2.45) is 5.73 Å². The van der Waals surface area contributed by atoms with Gasteiger partial charge in [-0.2, -0.15) is 11.8 Å². The van der Waals surface area contributed by atoms with Crippen LogP contribution in [0.3, 0.4) is 0 Å². The fourth-order valence-electron chi connectivity index (χ4n) is 3.26. The van der Waals surface area contributed by atoms with Crippen LogP contribution in [-0.4, -0.2) is 10.5 Å². The minimum absolute atomic E-state index is 0.196. The van der Waals surface area contributed by atoms with E-state index in [2.05, 4.69) is 43.0 Å². The first-order valence-electron chi connectivity index (χ1n) is 7.19. The fourth-order valence-corrected chi connectivity index (χ4v) is 4.61. The number of hydrogen-bond acceptors (Lipinski definition) is 2. The van der Waals surface area contributed by atoms with Crippen LogP contribution in [0.25, 0.3) is 0 Å². The summed E-state index contributed by atoms with van der Waals surface area (Å²) in [6.45, 7) is 2.35. The summed E-state index contributed by atoms with van der Waals surface area (Å²) in [7, 11) is 0. The van der Waals surface area contributed by atoms with E-state index >= 15 is 0 Å². The minimum Gasteiger partial charge on any atom is -0.323 e. The molecule has 2 unspecified atom stereocenters. The van der Waals surface area contributed by atoms with E-state index in [1.165, 1.54) is 49.0 Å². The Morgan fingerprint density at radius 1 is 1.28 bits per heavy atom. The van der Waals surface area contributed by atoms with Gasteiger partial charge in [-0.3, -0.25) is 0 Å². The van der Waals surface area contributed by atoms with Crippen LogP contribution < -0.4 is 5.73 Å². The fraction of sp³-hybridized carbons (Fsp3) is 0.625. The molecule has 2 fully saturated rings. The van der Waals surface area contributed by atoms with Gasteiger partial charge in [0.25, 0.3) is 0 Å². The minimum atomic E-state index is 0.196. The second kappa shape index (κ2) is 4.90. The molecule has 3 rings (SSSR count). The second-order valence-corrected chi connectivity index (χ2v) is 7.63. The molecule has 1 saturated carbocycles. The largest absolute Gasteiger partial charge is 0.323 e. The van der Waals surface area contributed by atoms with Crippen molar-refractivity contribution in [3.05, 3.63) is 35.4 Å². The monoisotopic (exact) mass is 261 g/mol. The highest BCUT2D eigenvalue weighted by Gasteiger charge is 2.38. The van der Waals surface area contributed by atoms with Crippen molar-refractivity contribution in [3.8, 4) is 0 Å². The van der Waals surface area contributed by atoms with Gasteiger partial charge in [-0.25, -0.2) is 0 Å². The number of nitrogens with two attached hydrogens (primary N) is 1. The van der Waals surface area contributed by atoms with Crippen molar-refractivity contribution in [2.45, 2.75) is 55.7 Å². The molecule has 1 aliphatic heterocycles. The van der Waals surface area contributed by atoms with Crippen molar-refractivity contribution >= 4 is 11.8 Å². The Balaban J connectivity index is 1.90. The zero-order chi connectivity index (χ0) is 12.6. The lowest BCUT2D eigenvalue weighted by atomic mass is 9.75. The lowest BCUT2D eigenvalue weighted by Crippen LogP contribution is -2.34. The summed E-state index contributed by atoms with van der Waals surface area (Å²) >= 11 is 2.07. The normalized spacial score (nSPS) is 30.1. The standard InChI is InChI=1S/C16H23NS/c1-16(10-5-11-18-16)15(17)14-9-3-2-8-13(14)12-6-4-7-12/h2-3,8-9,12,15H,4-7,10-11,17H2,1H3. The quantitative estimate of drug-likeness (QED) is 0.880. The van der Waals surface area contributed by atoms with Crippen LogP contribution in [0.1, 0.15) is 62.1 Å². The molecule has 2 heteroatoms. The van der Waals surface area contributed by atoms with Gasteiger partial charge in [0.05, 0.1) is 0 Å². The van der Waals surface area contributed by atoms with E-state index in [0.29, 0.717) is 0 Å². The first-order chi connectivity index (χ1) is 8.71. The Morgan fingerprint density at radius 3 is 2.67 bits per heavy atom. The van der Waals surface area contributed by atoms with Gasteiger partial charge in [-0.1, -0.05) is 30.7 Å². The molecule has 2 aliphatic rings. The van der Waals surface area contributed by atoms with Gasteiger partial charge in [0.2, 0.25) is 0 Å². The van der Waals surface area contributed by atoms with Crippen molar-refractivity contribution in [1.29, 1.82) is 0 Å². The van der Waals surface area contributed by atoms with Crippen LogP contribution in [0, 0.1) is 0 Å². The first kappa shape index (κ1) is 12.6. The third-order valence-corrected chi connectivity index (χ3v) is 6.39. The van der Waals surface area contributed by atoms with Gasteiger partial charge in [0.1, 0.15) is 0 Å². The predicted octanol–water partition coefficient (Wildman–Crippen LogP) is 4.24. The average molecular weight is 261 g/mol. The molecule has 1 saturated heterocycles. The van der Waals surface area contributed by atoms with Gasteiger partial charge in [0.15, 0.2) is 0 Å². The van der Waals surface area contributed by atoms with E-state index in [4.69, 9.17) is 5.73 Å². The van der Waals surface area contributed by atoms with E-state index < -0.39 is 0 Å². The number of rotatable bonds is 3. The number of thioether (sulfide) groups is 1. The van der Waals surface area contributed by atoms with Crippen molar-refractivity contribution in [3.63, 3.8) is 0 Å². The molecule has 1 aromatic rings. The second-order valence-electron chi connectivity index (χ2n) is 6.00. The average Bonchev–Trinajstić information content (AvgIpc) is 2.75. The van der Waals surface area contributed by atoms with Gasteiger partial charge in [-0.05, 0) is 55.4 Å². The summed E-state index contributed by atoms with van der Waals surface area (Å²) in [6.07, 6.45) is 6.68. The molecule has 1 nitrogen and oxygen atoms in total. The maximum absolute atomic E-state index is 6.63. The van der Waals surface area contributed by atoms with Crippen LogP contribution in [-0.2, 0) is 0 Å².